The van der Waals surface area contributed by atoms with Crippen LogP contribution in [0.15, 0.2) is 48.5 Å². The first kappa shape index (κ1) is 15.4. The van der Waals surface area contributed by atoms with Gasteiger partial charge >= 0.3 is 0 Å². The van der Waals surface area contributed by atoms with E-state index >= 15 is 0 Å². The summed E-state index contributed by atoms with van der Waals surface area (Å²) in [7, 11) is 0. The van der Waals surface area contributed by atoms with Crippen molar-refractivity contribution in [2.75, 3.05) is 5.32 Å². The van der Waals surface area contributed by atoms with Crippen molar-refractivity contribution in [3.8, 4) is 21.8 Å². The molecule has 3 aromatic rings. The topological polar surface area (TPSA) is 42.0 Å². The van der Waals surface area contributed by atoms with Gasteiger partial charge in [-0.05, 0) is 31.5 Å². The molecule has 4 heteroatoms. The standard InChI is InChI=1S/C19H18N2OS/c1-12-6-4-5-7-17(12)19-21-18(13(2)23-19)15-8-10-16(11-9-15)20-14(3)22/h4-11H,1-3H3,(H,20,22). The van der Waals surface area contributed by atoms with Crippen molar-refractivity contribution in [2.24, 2.45) is 0 Å². The van der Waals surface area contributed by atoms with Crippen molar-refractivity contribution < 1.29 is 4.79 Å². The number of benzene rings is 2. The molecular formula is C19H18N2OS. The lowest BCUT2D eigenvalue weighted by Gasteiger charge is -2.04. The van der Waals surface area contributed by atoms with Gasteiger partial charge < -0.3 is 5.32 Å². The van der Waals surface area contributed by atoms with Gasteiger partial charge in [0.2, 0.25) is 5.91 Å². The highest BCUT2D eigenvalue weighted by Gasteiger charge is 2.12. The van der Waals surface area contributed by atoms with Gasteiger partial charge in [0.25, 0.3) is 0 Å². The fraction of sp³-hybridized carbons (Fsp3) is 0.158. The molecule has 0 saturated heterocycles. The summed E-state index contributed by atoms with van der Waals surface area (Å²) in [6.07, 6.45) is 0. The van der Waals surface area contributed by atoms with Crippen LogP contribution in [0.4, 0.5) is 5.69 Å². The van der Waals surface area contributed by atoms with Crippen LogP contribution in [0.3, 0.4) is 0 Å². The van der Waals surface area contributed by atoms with Gasteiger partial charge in [0, 0.05) is 28.6 Å². The van der Waals surface area contributed by atoms with Crippen molar-refractivity contribution in [3.05, 3.63) is 59.0 Å². The van der Waals surface area contributed by atoms with Gasteiger partial charge in [0.1, 0.15) is 5.01 Å². The summed E-state index contributed by atoms with van der Waals surface area (Å²) in [6, 6.07) is 16.1. The van der Waals surface area contributed by atoms with E-state index in [-0.39, 0.29) is 5.91 Å². The Morgan fingerprint density at radius 1 is 1.04 bits per heavy atom. The molecule has 1 heterocycles. The molecule has 0 radical (unpaired) electrons. The number of nitrogens with zero attached hydrogens (tertiary/aromatic N) is 1. The Morgan fingerprint density at radius 3 is 2.39 bits per heavy atom. The second-order valence-corrected chi connectivity index (χ2v) is 6.70. The van der Waals surface area contributed by atoms with Crippen molar-refractivity contribution in [3.63, 3.8) is 0 Å². The lowest BCUT2D eigenvalue weighted by molar-refractivity contribution is -0.114. The average Bonchev–Trinajstić information content (AvgIpc) is 2.90. The predicted molar refractivity (Wildman–Crippen MR) is 96.8 cm³/mol. The number of rotatable bonds is 3. The highest BCUT2D eigenvalue weighted by atomic mass is 32.1. The zero-order valence-electron chi connectivity index (χ0n) is 13.4. The van der Waals surface area contributed by atoms with Crippen LogP contribution in [-0.4, -0.2) is 10.9 Å². The number of aryl methyl sites for hydroxylation is 2. The number of hydrogen-bond donors (Lipinski definition) is 1. The zero-order chi connectivity index (χ0) is 16.4. The van der Waals surface area contributed by atoms with Crippen LogP contribution < -0.4 is 5.32 Å². The van der Waals surface area contributed by atoms with E-state index in [0.29, 0.717) is 0 Å². The van der Waals surface area contributed by atoms with Gasteiger partial charge in [0.05, 0.1) is 5.69 Å². The summed E-state index contributed by atoms with van der Waals surface area (Å²) in [5, 5.41) is 3.82. The minimum Gasteiger partial charge on any atom is -0.326 e. The Balaban J connectivity index is 1.95. The van der Waals surface area contributed by atoms with Gasteiger partial charge in [-0.3, -0.25) is 4.79 Å². The van der Waals surface area contributed by atoms with Crippen LogP contribution in [0.2, 0.25) is 0 Å². The quantitative estimate of drug-likeness (QED) is 0.733. The summed E-state index contributed by atoms with van der Waals surface area (Å²) in [6.45, 7) is 5.71. The van der Waals surface area contributed by atoms with E-state index in [4.69, 9.17) is 4.98 Å². The maximum atomic E-state index is 11.1. The van der Waals surface area contributed by atoms with E-state index in [1.54, 1.807) is 11.3 Å². The highest BCUT2D eigenvalue weighted by Crippen LogP contribution is 2.34. The second kappa shape index (κ2) is 6.34. The molecule has 0 atom stereocenters. The Bertz CT molecular complexity index is 850. The van der Waals surface area contributed by atoms with Gasteiger partial charge in [0.15, 0.2) is 0 Å². The minimum absolute atomic E-state index is 0.0653. The normalized spacial score (nSPS) is 10.6. The van der Waals surface area contributed by atoms with Crippen LogP contribution in [0.1, 0.15) is 17.4 Å². The number of amides is 1. The monoisotopic (exact) mass is 322 g/mol. The first-order valence-corrected chi connectivity index (χ1v) is 8.27. The molecular weight excluding hydrogens is 304 g/mol. The molecule has 0 fully saturated rings. The Labute approximate surface area is 140 Å². The Hall–Kier alpha value is -2.46. The summed E-state index contributed by atoms with van der Waals surface area (Å²) in [4.78, 5) is 17.1. The van der Waals surface area contributed by atoms with Crippen molar-refractivity contribution in [1.29, 1.82) is 0 Å². The van der Waals surface area contributed by atoms with Crippen LogP contribution in [0.5, 0.6) is 0 Å². The summed E-state index contributed by atoms with van der Waals surface area (Å²) < 4.78 is 0. The third kappa shape index (κ3) is 3.32. The van der Waals surface area contributed by atoms with Gasteiger partial charge in [-0.2, -0.15) is 0 Å². The van der Waals surface area contributed by atoms with E-state index in [1.165, 1.54) is 22.9 Å². The smallest absolute Gasteiger partial charge is 0.221 e. The first-order chi connectivity index (χ1) is 11.0. The van der Waals surface area contributed by atoms with Gasteiger partial charge in [-0.25, -0.2) is 4.98 Å². The SMILES string of the molecule is CC(=O)Nc1ccc(-c2nc(-c3ccccc3C)sc2C)cc1. The molecule has 0 bridgehead atoms. The Kier molecular flexibility index (Phi) is 4.26. The van der Waals surface area contributed by atoms with Crippen molar-refractivity contribution in [2.45, 2.75) is 20.8 Å². The lowest BCUT2D eigenvalue weighted by atomic mass is 10.1. The molecule has 0 unspecified atom stereocenters. The molecule has 1 amide bonds. The summed E-state index contributed by atoms with van der Waals surface area (Å²) >= 11 is 1.71. The molecule has 0 spiro atoms. The van der Waals surface area contributed by atoms with E-state index in [1.807, 2.05) is 36.4 Å². The van der Waals surface area contributed by atoms with Crippen molar-refractivity contribution in [1.82, 2.24) is 4.98 Å². The largest absolute Gasteiger partial charge is 0.326 e. The van der Waals surface area contributed by atoms with E-state index < -0.39 is 0 Å². The maximum absolute atomic E-state index is 11.1. The fourth-order valence-electron chi connectivity index (χ4n) is 2.51. The number of carbonyl (C=O) groups is 1. The molecule has 1 N–H and O–H groups in total. The summed E-state index contributed by atoms with van der Waals surface area (Å²) in [5.41, 5.74) is 5.28. The Morgan fingerprint density at radius 2 is 1.74 bits per heavy atom. The van der Waals surface area contributed by atoms with E-state index in [9.17, 15) is 4.79 Å². The molecule has 0 aliphatic carbocycles. The predicted octanol–water partition coefficient (Wildman–Crippen LogP) is 5.05. The van der Waals surface area contributed by atoms with Gasteiger partial charge in [-0.15, -0.1) is 11.3 Å². The zero-order valence-corrected chi connectivity index (χ0v) is 14.2. The third-order valence-corrected chi connectivity index (χ3v) is 4.65. The van der Waals surface area contributed by atoms with Crippen LogP contribution in [0.25, 0.3) is 21.8 Å². The van der Waals surface area contributed by atoms with E-state index in [0.717, 1.165) is 22.0 Å². The molecule has 2 aromatic carbocycles. The molecule has 23 heavy (non-hydrogen) atoms. The maximum Gasteiger partial charge on any atom is 0.221 e. The fourth-order valence-corrected chi connectivity index (χ4v) is 3.53. The lowest BCUT2D eigenvalue weighted by Crippen LogP contribution is -2.05. The average molecular weight is 322 g/mol. The minimum atomic E-state index is -0.0653. The molecule has 3 rings (SSSR count). The molecule has 0 aliphatic heterocycles. The number of nitrogens with one attached hydrogen (secondary N) is 1. The highest BCUT2D eigenvalue weighted by molar-refractivity contribution is 7.15. The van der Waals surface area contributed by atoms with Gasteiger partial charge in [-0.1, -0.05) is 36.4 Å². The molecule has 1 aromatic heterocycles. The number of aromatic nitrogens is 1. The van der Waals surface area contributed by atoms with Crippen LogP contribution >= 0.6 is 11.3 Å². The first-order valence-electron chi connectivity index (χ1n) is 7.46. The van der Waals surface area contributed by atoms with E-state index in [2.05, 4.69) is 31.3 Å². The second-order valence-electron chi connectivity index (χ2n) is 5.50. The summed E-state index contributed by atoms with van der Waals surface area (Å²) in [5.74, 6) is -0.0653. The van der Waals surface area contributed by atoms with Crippen molar-refractivity contribution >= 4 is 22.9 Å². The molecule has 0 saturated carbocycles. The molecule has 0 aliphatic rings. The number of carbonyl (C=O) groups excluding carboxylic acids is 1. The number of anilines is 1. The number of hydrogen-bond acceptors (Lipinski definition) is 3. The van der Waals surface area contributed by atoms with Crippen LogP contribution in [0, 0.1) is 13.8 Å². The third-order valence-electron chi connectivity index (χ3n) is 3.65. The molecule has 3 nitrogen and oxygen atoms in total. The number of thiazole rings is 1. The van der Waals surface area contributed by atoms with Crippen LogP contribution in [-0.2, 0) is 4.79 Å². The molecule has 116 valence electrons.